The van der Waals surface area contributed by atoms with E-state index in [0.717, 1.165) is 16.1 Å². The maximum atomic E-state index is 14.6. The summed E-state index contributed by atoms with van der Waals surface area (Å²) in [6, 6.07) is 2.58. The number of aliphatic carboxylic acids is 1. The Hall–Kier alpha value is -2.23. The van der Waals surface area contributed by atoms with Gasteiger partial charge >= 0.3 is 5.97 Å². The lowest BCUT2D eigenvalue weighted by molar-refractivity contribution is -0.142. The highest BCUT2D eigenvalue weighted by Gasteiger charge is 2.43. The quantitative estimate of drug-likeness (QED) is 0.730. The number of fused-ring (bicyclic) bond motifs is 1. The van der Waals surface area contributed by atoms with Crippen LogP contribution in [0.2, 0.25) is 5.15 Å². The van der Waals surface area contributed by atoms with Gasteiger partial charge in [-0.15, -0.1) is 0 Å². The Balaban J connectivity index is 2.14. The molecule has 0 aliphatic carbocycles. The Morgan fingerprint density at radius 2 is 2.07 bits per heavy atom. The van der Waals surface area contributed by atoms with Gasteiger partial charge in [0.1, 0.15) is 34.3 Å². The summed E-state index contributed by atoms with van der Waals surface area (Å²) < 4.78 is 47.4. The second-order valence-corrected chi connectivity index (χ2v) is 9.14. The van der Waals surface area contributed by atoms with Crippen molar-refractivity contribution in [3.8, 4) is 5.75 Å². The van der Waals surface area contributed by atoms with Crippen LogP contribution in [0.25, 0.3) is 0 Å². The summed E-state index contributed by atoms with van der Waals surface area (Å²) in [5.41, 5.74) is 1.54. The number of carbonyl (C=O) groups is 1. The van der Waals surface area contributed by atoms with Crippen LogP contribution in [0.3, 0.4) is 0 Å². The first-order valence-corrected chi connectivity index (χ1v) is 10.7. The van der Waals surface area contributed by atoms with Crippen molar-refractivity contribution >= 4 is 27.6 Å². The van der Waals surface area contributed by atoms with Crippen molar-refractivity contribution in [2.24, 2.45) is 0 Å². The summed E-state index contributed by atoms with van der Waals surface area (Å²) in [6.45, 7) is 4.67. The zero-order valence-electron chi connectivity index (χ0n) is 16.0. The van der Waals surface area contributed by atoms with E-state index in [9.17, 15) is 22.7 Å². The van der Waals surface area contributed by atoms with Gasteiger partial charge in [0, 0.05) is 18.5 Å². The molecule has 0 bridgehead atoms. The molecule has 2 heterocycles. The molecule has 156 valence electrons. The Labute approximate surface area is 173 Å². The summed E-state index contributed by atoms with van der Waals surface area (Å²) in [4.78, 5) is 15.7. The van der Waals surface area contributed by atoms with Crippen molar-refractivity contribution in [2.75, 3.05) is 13.2 Å². The number of benzene rings is 1. The van der Waals surface area contributed by atoms with E-state index in [1.54, 1.807) is 19.9 Å². The van der Waals surface area contributed by atoms with Crippen LogP contribution in [0, 0.1) is 19.7 Å². The van der Waals surface area contributed by atoms with Gasteiger partial charge in [-0.1, -0.05) is 24.6 Å². The number of hydrogen-bond donors (Lipinski definition) is 1. The zero-order chi connectivity index (χ0) is 21.5. The second-order valence-electron chi connectivity index (χ2n) is 6.89. The monoisotopic (exact) mass is 442 g/mol. The molecule has 0 fully saturated rings. The molecule has 0 amide bonds. The van der Waals surface area contributed by atoms with Crippen molar-refractivity contribution in [2.45, 2.75) is 37.6 Å². The van der Waals surface area contributed by atoms with E-state index in [2.05, 4.69) is 4.98 Å². The van der Waals surface area contributed by atoms with Crippen LogP contribution in [0.5, 0.6) is 5.75 Å². The molecule has 0 spiro atoms. The highest BCUT2D eigenvalue weighted by atomic mass is 35.5. The third-order valence-corrected chi connectivity index (χ3v) is 7.28. The molecule has 0 radical (unpaired) electrons. The SMILES string of the molecule is Cc1ccc(F)c(C(C)[C@@H](C(=O)O)N2CCOc3cc(Cl)ncc3S2(=O)=O)c1C. The maximum Gasteiger partial charge on any atom is 0.322 e. The van der Waals surface area contributed by atoms with E-state index in [4.69, 9.17) is 16.3 Å². The zero-order valence-corrected chi connectivity index (χ0v) is 17.6. The summed E-state index contributed by atoms with van der Waals surface area (Å²) in [7, 11) is -4.29. The number of ether oxygens (including phenoxy) is 1. The molecule has 1 aromatic heterocycles. The molecule has 29 heavy (non-hydrogen) atoms. The van der Waals surface area contributed by atoms with Gasteiger partial charge in [-0.25, -0.2) is 17.8 Å². The first-order chi connectivity index (χ1) is 13.6. The van der Waals surface area contributed by atoms with Gasteiger partial charge in [0.25, 0.3) is 0 Å². The van der Waals surface area contributed by atoms with Crippen molar-refractivity contribution in [3.63, 3.8) is 0 Å². The molecule has 0 saturated heterocycles. The number of carboxylic acids is 1. The third kappa shape index (κ3) is 3.82. The predicted molar refractivity (Wildman–Crippen MR) is 104 cm³/mol. The number of aryl methyl sites for hydroxylation is 1. The number of hydrogen-bond acceptors (Lipinski definition) is 5. The minimum absolute atomic E-state index is 0.00204. The lowest BCUT2D eigenvalue weighted by Crippen LogP contribution is -2.48. The highest BCUT2D eigenvalue weighted by molar-refractivity contribution is 7.89. The fourth-order valence-electron chi connectivity index (χ4n) is 3.60. The van der Waals surface area contributed by atoms with E-state index in [0.29, 0.717) is 5.56 Å². The summed E-state index contributed by atoms with van der Waals surface area (Å²) in [5, 5.41) is 9.97. The molecule has 1 aliphatic rings. The van der Waals surface area contributed by atoms with Crippen LogP contribution >= 0.6 is 11.6 Å². The number of rotatable bonds is 4. The van der Waals surface area contributed by atoms with Gasteiger partial charge in [-0.3, -0.25) is 4.79 Å². The molecule has 1 unspecified atom stereocenters. The molecule has 7 nitrogen and oxygen atoms in total. The molecule has 0 saturated carbocycles. The molecule has 10 heteroatoms. The molecule has 2 aromatic rings. The van der Waals surface area contributed by atoms with Crippen LogP contribution < -0.4 is 4.74 Å². The Morgan fingerprint density at radius 3 is 2.72 bits per heavy atom. The van der Waals surface area contributed by atoms with Gasteiger partial charge in [0.2, 0.25) is 10.0 Å². The molecule has 1 aliphatic heterocycles. The van der Waals surface area contributed by atoms with E-state index in [1.807, 2.05) is 0 Å². The highest BCUT2D eigenvalue weighted by Crippen LogP contribution is 2.36. The second kappa shape index (κ2) is 7.89. The van der Waals surface area contributed by atoms with Crippen LogP contribution in [0.15, 0.2) is 29.3 Å². The third-order valence-electron chi connectivity index (χ3n) is 5.18. The first kappa shape index (κ1) is 21.5. The van der Waals surface area contributed by atoms with Crippen LogP contribution in [0.1, 0.15) is 29.5 Å². The van der Waals surface area contributed by atoms with Crippen LogP contribution in [-0.2, 0) is 14.8 Å². The van der Waals surface area contributed by atoms with E-state index in [1.165, 1.54) is 19.1 Å². The summed E-state index contributed by atoms with van der Waals surface area (Å²) in [5.74, 6) is -2.91. The minimum atomic E-state index is -4.29. The number of sulfonamides is 1. The van der Waals surface area contributed by atoms with E-state index < -0.39 is 33.8 Å². The van der Waals surface area contributed by atoms with Crippen molar-refractivity contribution in [1.29, 1.82) is 0 Å². The van der Waals surface area contributed by atoms with Gasteiger partial charge in [-0.2, -0.15) is 4.31 Å². The van der Waals surface area contributed by atoms with Crippen LogP contribution in [0.4, 0.5) is 4.39 Å². The molecular formula is C19H20ClFN2O5S. The van der Waals surface area contributed by atoms with E-state index >= 15 is 0 Å². The van der Waals surface area contributed by atoms with Gasteiger partial charge in [0.15, 0.2) is 0 Å². The average Bonchev–Trinajstić information content (AvgIpc) is 2.75. The maximum absolute atomic E-state index is 14.6. The fraction of sp³-hybridized carbons (Fsp3) is 0.368. The number of nitrogens with zero attached hydrogens (tertiary/aromatic N) is 2. The molecule has 1 N–H and O–H groups in total. The molecule has 3 rings (SSSR count). The lowest BCUT2D eigenvalue weighted by atomic mass is 9.87. The predicted octanol–water partition coefficient (Wildman–Crippen LogP) is 3.13. The van der Waals surface area contributed by atoms with E-state index in [-0.39, 0.29) is 34.5 Å². The van der Waals surface area contributed by atoms with Gasteiger partial charge < -0.3 is 9.84 Å². The van der Waals surface area contributed by atoms with Gasteiger partial charge in [-0.05, 0) is 36.6 Å². The smallest absolute Gasteiger partial charge is 0.322 e. The van der Waals surface area contributed by atoms with Crippen LogP contribution in [-0.4, -0.2) is 48.0 Å². The number of aromatic nitrogens is 1. The molecular weight excluding hydrogens is 423 g/mol. The largest absolute Gasteiger partial charge is 0.491 e. The standard InChI is InChI=1S/C19H20ClFN2O5S/c1-10-4-5-13(21)17(11(10)2)12(3)18(19(24)25)23-6-7-28-14-8-16(20)22-9-15(14)29(23,26)27/h4-5,8-9,12,18H,6-7H2,1-3H3,(H,24,25)/t12?,18-/m0/s1. The Bertz CT molecular complexity index is 1080. The molecule has 1 aromatic carbocycles. The number of halogens is 2. The number of pyridine rings is 1. The summed E-state index contributed by atoms with van der Waals surface area (Å²) in [6.07, 6.45) is 1.04. The van der Waals surface area contributed by atoms with Crippen molar-refractivity contribution in [1.82, 2.24) is 9.29 Å². The lowest BCUT2D eigenvalue weighted by Gasteiger charge is -2.31. The fourth-order valence-corrected chi connectivity index (χ4v) is 5.44. The first-order valence-electron chi connectivity index (χ1n) is 8.84. The average molecular weight is 443 g/mol. The van der Waals surface area contributed by atoms with Gasteiger partial charge in [0.05, 0.1) is 6.20 Å². The minimum Gasteiger partial charge on any atom is -0.491 e. The number of carboxylic acid groups (broad SMARTS) is 1. The van der Waals surface area contributed by atoms with Crippen molar-refractivity contribution < 1.29 is 27.4 Å². The van der Waals surface area contributed by atoms with Crippen molar-refractivity contribution in [3.05, 3.63) is 52.1 Å². The topological polar surface area (TPSA) is 96.8 Å². The molecule has 2 atom stereocenters. The normalized spacial score (nSPS) is 18.2. The Kier molecular flexibility index (Phi) is 5.84. The Morgan fingerprint density at radius 1 is 1.38 bits per heavy atom. The summed E-state index contributed by atoms with van der Waals surface area (Å²) >= 11 is 5.82.